The zero-order valence-corrected chi connectivity index (χ0v) is 14.2. The van der Waals surface area contributed by atoms with Crippen molar-refractivity contribution >= 4 is 17.6 Å². The summed E-state index contributed by atoms with van der Waals surface area (Å²) in [7, 11) is 1.76. The molecular formula is C18H21N3O4. The summed E-state index contributed by atoms with van der Waals surface area (Å²) in [6.45, 7) is 1.77. The molecule has 1 heterocycles. The highest BCUT2D eigenvalue weighted by molar-refractivity contribution is 5.93. The Morgan fingerprint density at radius 2 is 1.80 bits per heavy atom. The van der Waals surface area contributed by atoms with Gasteiger partial charge in [0.05, 0.1) is 17.3 Å². The number of benzene rings is 1. The molecule has 0 spiro atoms. The van der Waals surface area contributed by atoms with E-state index >= 15 is 0 Å². The van der Waals surface area contributed by atoms with Gasteiger partial charge in [-0.2, -0.15) is 0 Å². The highest BCUT2D eigenvalue weighted by atomic mass is 16.4. The number of amides is 1. The van der Waals surface area contributed by atoms with E-state index in [0.717, 1.165) is 0 Å². The third-order valence-electron chi connectivity index (χ3n) is 4.96. The first kappa shape index (κ1) is 17.0. The standard InChI is InChI=1S/C18H21N3O4/c1-11-15(19-16(22)12-8-9-13(10-12)18(24)25)17(23)21(20(11)2)14-6-4-3-5-7-14/h3-7,12-13H,8-10H2,1-2H3,(H,19,22)(H,24,25)/t12-,13-/m1/s1. The maximum atomic E-state index is 12.8. The normalized spacial score (nSPS) is 19.8. The van der Waals surface area contributed by atoms with E-state index in [9.17, 15) is 14.4 Å². The van der Waals surface area contributed by atoms with Crippen molar-refractivity contribution in [1.29, 1.82) is 0 Å². The van der Waals surface area contributed by atoms with Gasteiger partial charge in [0, 0.05) is 13.0 Å². The van der Waals surface area contributed by atoms with E-state index in [1.807, 2.05) is 30.3 Å². The Morgan fingerprint density at radius 1 is 1.16 bits per heavy atom. The number of hydrogen-bond acceptors (Lipinski definition) is 3. The number of nitrogens with zero attached hydrogens (tertiary/aromatic N) is 2. The van der Waals surface area contributed by atoms with Gasteiger partial charge in [0.25, 0.3) is 5.56 Å². The van der Waals surface area contributed by atoms with Gasteiger partial charge in [0.1, 0.15) is 5.69 Å². The van der Waals surface area contributed by atoms with Gasteiger partial charge in [-0.3, -0.25) is 19.1 Å². The van der Waals surface area contributed by atoms with E-state index in [1.54, 1.807) is 18.7 Å². The third-order valence-corrected chi connectivity index (χ3v) is 4.96. The first-order valence-corrected chi connectivity index (χ1v) is 8.28. The van der Waals surface area contributed by atoms with E-state index in [0.29, 0.717) is 30.6 Å². The summed E-state index contributed by atoms with van der Waals surface area (Å²) >= 11 is 0. The molecule has 2 aromatic rings. The van der Waals surface area contributed by atoms with Gasteiger partial charge in [-0.25, -0.2) is 4.68 Å². The van der Waals surface area contributed by atoms with Gasteiger partial charge >= 0.3 is 5.97 Å². The molecule has 1 amide bonds. The maximum absolute atomic E-state index is 12.8. The highest BCUT2D eigenvalue weighted by Crippen LogP contribution is 2.32. The van der Waals surface area contributed by atoms with Crippen LogP contribution < -0.4 is 10.9 Å². The second-order valence-corrected chi connectivity index (χ2v) is 6.47. The number of carboxylic acid groups (broad SMARTS) is 1. The van der Waals surface area contributed by atoms with Crippen molar-refractivity contribution in [3.05, 3.63) is 46.4 Å². The molecule has 2 N–H and O–H groups in total. The van der Waals surface area contributed by atoms with Crippen LogP contribution in [0.15, 0.2) is 35.1 Å². The molecule has 1 aliphatic rings. The Kier molecular flexibility index (Phi) is 4.48. The molecule has 0 aliphatic heterocycles. The van der Waals surface area contributed by atoms with Crippen LogP contribution in [0.1, 0.15) is 25.0 Å². The number of rotatable bonds is 4. The average molecular weight is 343 g/mol. The van der Waals surface area contributed by atoms with Gasteiger partial charge < -0.3 is 10.4 Å². The number of nitrogens with one attached hydrogen (secondary N) is 1. The van der Waals surface area contributed by atoms with Crippen LogP contribution >= 0.6 is 0 Å². The van der Waals surface area contributed by atoms with Crippen molar-refractivity contribution in [3.63, 3.8) is 0 Å². The molecule has 3 rings (SSSR count). The Hall–Kier alpha value is -2.83. The zero-order valence-electron chi connectivity index (χ0n) is 14.2. The molecule has 0 radical (unpaired) electrons. The van der Waals surface area contributed by atoms with E-state index in [2.05, 4.69) is 5.32 Å². The van der Waals surface area contributed by atoms with Crippen molar-refractivity contribution < 1.29 is 14.7 Å². The van der Waals surface area contributed by atoms with Crippen LogP contribution in [-0.4, -0.2) is 26.3 Å². The van der Waals surface area contributed by atoms with Crippen LogP contribution in [0.25, 0.3) is 5.69 Å². The number of para-hydroxylation sites is 1. The second-order valence-electron chi connectivity index (χ2n) is 6.47. The lowest BCUT2D eigenvalue weighted by molar-refractivity contribution is -0.141. The van der Waals surface area contributed by atoms with E-state index < -0.39 is 11.9 Å². The summed E-state index contributed by atoms with van der Waals surface area (Å²) in [5.41, 5.74) is 1.31. The van der Waals surface area contributed by atoms with Crippen LogP contribution in [-0.2, 0) is 16.6 Å². The Bertz CT molecular complexity index is 866. The molecular weight excluding hydrogens is 322 g/mol. The number of aliphatic carboxylic acids is 1. The molecule has 0 bridgehead atoms. The number of hydrogen-bond donors (Lipinski definition) is 2. The molecule has 1 fully saturated rings. The van der Waals surface area contributed by atoms with Crippen LogP contribution in [0.4, 0.5) is 5.69 Å². The monoisotopic (exact) mass is 343 g/mol. The summed E-state index contributed by atoms with van der Waals surface area (Å²) < 4.78 is 3.20. The summed E-state index contributed by atoms with van der Waals surface area (Å²) in [6.07, 6.45) is 1.34. The predicted molar refractivity (Wildman–Crippen MR) is 92.8 cm³/mol. The molecule has 2 atom stereocenters. The SMILES string of the molecule is Cc1c(NC(=O)[C@@H]2CC[C@@H](C(=O)O)C2)c(=O)n(-c2ccccc2)n1C. The first-order chi connectivity index (χ1) is 11.9. The molecule has 132 valence electrons. The number of carboxylic acids is 1. The fourth-order valence-electron chi connectivity index (χ4n) is 3.38. The van der Waals surface area contributed by atoms with E-state index in [-0.39, 0.29) is 23.1 Å². The van der Waals surface area contributed by atoms with Gasteiger partial charge in [0.2, 0.25) is 5.91 Å². The van der Waals surface area contributed by atoms with E-state index in [4.69, 9.17) is 5.11 Å². The number of anilines is 1. The molecule has 1 aliphatic carbocycles. The minimum absolute atomic E-state index is 0.245. The van der Waals surface area contributed by atoms with Crippen molar-refractivity contribution in [1.82, 2.24) is 9.36 Å². The van der Waals surface area contributed by atoms with Crippen molar-refractivity contribution in [2.24, 2.45) is 18.9 Å². The average Bonchev–Trinajstić information content (AvgIpc) is 3.16. The lowest BCUT2D eigenvalue weighted by Gasteiger charge is -2.09. The third kappa shape index (κ3) is 3.09. The van der Waals surface area contributed by atoms with Gasteiger partial charge in [-0.05, 0) is 38.3 Å². The van der Waals surface area contributed by atoms with Crippen LogP contribution in [0, 0.1) is 18.8 Å². The molecule has 1 aromatic carbocycles. The molecule has 7 heteroatoms. The summed E-state index contributed by atoms with van der Waals surface area (Å²) in [4.78, 5) is 36.3. The molecule has 1 saturated carbocycles. The number of carbonyl (C=O) groups excluding carboxylic acids is 1. The fourth-order valence-corrected chi connectivity index (χ4v) is 3.38. The highest BCUT2D eigenvalue weighted by Gasteiger charge is 2.34. The lowest BCUT2D eigenvalue weighted by atomic mass is 10.0. The number of aromatic nitrogens is 2. The Balaban J connectivity index is 1.86. The predicted octanol–water partition coefficient (Wildman–Crippen LogP) is 1.92. The fraction of sp³-hybridized carbons (Fsp3) is 0.389. The first-order valence-electron chi connectivity index (χ1n) is 8.28. The van der Waals surface area contributed by atoms with Gasteiger partial charge in [0.15, 0.2) is 0 Å². The van der Waals surface area contributed by atoms with Crippen LogP contribution in [0.3, 0.4) is 0 Å². The smallest absolute Gasteiger partial charge is 0.306 e. The van der Waals surface area contributed by atoms with Crippen molar-refractivity contribution in [3.8, 4) is 5.69 Å². The maximum Gasteiger partial charge on any atom is 0.306 e. The van der Waals surface area contributed by atoms with Gasteiger partial charge in [-0.1, -0.05) is 18.2 Å². The minimum atomic E-state index is -0.863. The quantitative estimate of drug-likeness (QED) is 0.887. The number of carbonyl (C=O) groups is 2. The minimum Gasteiger partial charge on any atom is -0.481 e. The van der Waals surface area contributed by atoms with Crippen molar-refractivity contribution in [2.45, 2.75) is 26.2 Å². The zero-order chi connectivity index (χ0) is 18.1. The topological polar surface area (TPSA) is 93.3 Å². The summed E-state index contributed by atoms with van der Waals surface area (Å²) in [5.74, 6) is -1.99. The Labute approximate surface area is 144 Å². The van der Waals surface area contributed by atoms with Crippen LogP contribution in [0.5, 0.6) is 0 Å². The molecule has 0 unspecified atom stereocenters. The largest absolute Gasteiger partial charge is 0.481 e. The van der Waals surface area contributed by atoms with Crippen molar-refractivity contribution in [2.75, 3.05) is 5.32 Å². The lowest BCUT2D eigenvalue weighted by Crippen LogP contribution is -2.26. The molecule has 7 nitrogen and oxygen atoms in total. The second kappa shape index (κ2) is 6.58. The molecule has 0 saturated heterocycles. The summed E-state index contributed by atoms with van der Waals surface area (Å²) in [6, 6.07) is 9.19. The summed E-state index contributed by atoms with van der Waals surface area (Å²) in [5, 5.41) is 11.8. The van der Waals surface area contributed by atoms with Gasteiger partial charge in [-0.15, -0.1) is 0 Å². The Morgan fingerprint density at radius 3 is 2.40 bits per heavy atom. The van der Waals surface area contributed by atoms with E-state index in [1.165, 1.54) is 4.68 Å². The van der Waals surface area contributed by atoms with Crippen LogP contribution in [0.2, 0.25) is 0 Å². The molecule has 1 aromatic heterocycles. The molecule has 25 heavy (non-hydrogen) atoms.